The number of aromatic nitrogens is 1. The summed E-state index contributed by atoms with van der Waals surface area (Å²) in [6.07, 6.45) is 5.01. The Hall–Kier alpha value is -2.69. The molecule has 1 aliphatic rings. The zero-order chi connectivity index (χ0) is 15.5. The van der Waals surface area contributed by atoms with Gasteiger partial charge in [0, 0.05) is 31.2 Å². The van der Waals surface area contributed by atoms with Crippen LogP contribution in [-0.2, 0) is 0 Å². The van der Waals surface area contributed by atoms with E-state index in [1.807, 2.05) is 30.3 Å². The Morgan fingerprint density at radius 2 is 1.82 bits per heavy atom. The van der Waals surface area contributed by atoms with Crippen molar-refractivity contribution in [2.45, 2.75) is 18.9 Å². The fraction of sp³-hybridized carbons (Fsp3) is 0.235. The van der Waals surface area contributed by atoms with Crippen LogP contribution in [0, 0.1) is 0 Å². The molecule has 0 saturated heterocycles. The van der Waals surface area contributed by atoms with Gasteiger partial charge in [-0.15, -0.1) is 0 Å². The monoisotopic (exact) mass is 295 g/mol. The Bertz CT molecular complexity index is 696. The molecule has 1 heterocycles. The van der Waals surface area contributed by atoms with E-state index in [1.165, 1.54) is 12.4 Å². The van der Waals surface area contributed by atoms with Gasteiger partial charge < -0.3 is 10.2 Å². The molecule has 5 heteroatoms. The first-order chi connectivity index (χ1) is 10.6. The molecule has 0 unspecified atom stereocenters. The van der Waals surface area contributed by atoms with Gasteiger partial charge in [-0.3, -0.25) is 14.6 Å². The molecular weight excluding hydrogens is 278 g/mol. The van der Waals surface area contributed by atoms with Crippen molar-refractivity contribution in [2.24, 2.45) is 0 Å². The zero-order valence-corrected chi connectivity index (χ0v) is 12.3. The minimum atomic E-state index is -0.195. The number of para-hydroxylation sites is 1. The maximum absolute atomic E-state index is 12.5. The molecular formula is C17H17N3O2. The Morgan fingerprint density at radius 1 is 1.14 bits per heavy atom. The lowest BCUT2D eigenvalue weighted by molar-refractivity contribution is 0.0950. The highest BCUT2D eigenvalue weighted by Crippen LogP contribution is 2.20. The largest absolute Gasteiger partial charge is 0.349 e. The maximum Gasteiger partial charge on any atom is 0.259 e. The highest BCUT2D eigenvalue weighted by atomic mass is 16.2. The van der Waals surface area contributed by atoms with Gasteiger partial charge in [0.15, 0.2) is 0 Å². The highest BCUT2D eigenvalue weighted by Gasteiger charge is 2.24. The normalized spacial score (nSPS) is 13.5. The molecule has 0 bridgehead atoms. The standard InChI is InChI=1S/C17H17N3O2/c1-20(15-5-3-2-4-6-15)17(22)13-9-12(10-18-11-13)16(21)19-14-7-8-14/h2-6,9-11,14H,7-8H2,1H3,(H,19,21). The van der Waals surface area contributed by atoms with Gasteiger partial charge in [-0.2, -0.15) is 0 Å². The van der Waals surface area contributed by atoms with Crippen molar-refractivity contribution < 1.29 is 9.59 Å². The number of hydrogen-bond donors (Lipinski definition) is 1. The van der Waals surface area contributed by atoms with E-state index in [2.05, 4.69) is 10.3 Å². The highest BCUT2D eigenvalue weighted by molar-refractivity contribution is 6.07. The lowest BCUT2D eigenvalue weighted by atomic mass is 10.1. The van der Waals surface area contributed by atoms with Crippen LogP contribution in [0.4, 0.5) is 5.69 Å². The van der Waals surface area contributed by atoms with E-state index in [9.17, 15) is 9.59 Å². The van der Waals surface area contributed by atoms with Gasteiger partial charge in [-0.1, -0.05) is 18.2 Å². The van der Waals surface area contributed by atoms with Gasteiger partial charge in [0.1, 0.15) is 0 Å². The lowest BCUT2D eigenvalue weighted by Gasteiger charge is -2.17. The quantitative estimate of drug-likeness (QED) is 0.941. The van der Waals surface area contributed by atoms with Gasteiger partial charge in [0.25, 0.3) is 11.8 Å². The van der Waals surface area contributed by atoms with E-state index in [0.717, 1.165) is 18.5 Å². The number of pyridine rings is 1. The second-order valence-electron chi connectivity index (χ2n) is 5.41. The third-order valence-corrected chi connectivity index (χ3v) is 3.61. The molecule has 1 N–H and O–H groups in total. The summed E-state index contributed by atoms with van der Waals surface area (Å²) in [5, 5.41) is 2.89. The molecule has 0 aliphatic heterocycles. The Morgan fingerprint density at radius 3 is 2.50 bits per heavy atom. The minimum Gasteiger partial charge on any atom is -0.349 e. The SMILES string of the molecule is CN(C(=O)c1cncc(C(=O)NC2CC2)c1)c1ccccc1. The zero-order valence-electron chi connectivity index (χ0n) is 12.3. The van der Waals surface area contributed by atoms with Gasteiger partial charge in [0.05, 0.1) is 11.1 Å². The number of anilines is 1. The van der Waals surface area contributed by atoms with E-state index in [-0.39, 0.29) is 17.9 Å². The van der Waals surface area contributed by atoms with Crippen LogP contribution in [-0.4, -0.2) is 29.9 Å². The first-order valence-electron chi connectivity index (χ1n) is 7.24. The van der Waals surface area contributed by atoms with Crippen molar-refractivity contribution in [3.63, 3.8) is 0 Å². The van der Waals surface area contributed by atoms with Gasteiger partial charge >= 0.3 is 0 Å². The predicted molar refractivity (Wildman–Crippen MR) is 83.9 cm³/mol. The van der Waals surface area contributed by atoms with Crippen molar-refractivity contribution in [2.75, 3.05) is 11.9 Å². The summed E-state index contributed by atoms with van der Waals surface area (Å²) in [4.78, 5) is 30.1. The summed E-state index contributed by atoms with van der Waals surface area (Å²) in [5.74, 6) is -0.369. The number of carbonyl (C=O) groups is 2. The van der Waals surface area contributed by atoms with Crippen molar-refractivity contribution in [1.82, 2.24) is 10.3 Å². The van der Waals surface area contributed by atoms with Crippen LogP contribution < -0.4 is 10.2 Å². The Balaban J connectivity index is 1.79. The van der Waals surface area contributed by atoms with Gasteiger partial charge in [-0.25, -0.2) is 0 Å². The topological polar surface area (TPSA) is 62.3 Å². The molecule has 1 saturated carbocycles. The molecule has 5 nitrogen and oxygen atoms in total. The Kier molecular flexibility index (Phi) is 3.87. The van der Waals surface area contributed by atoms with E-state index in [1.54, 1.807) is 18.0 Å². The summed E-state index contributed by atoms with van der Waals surface area (Å²) in [5.41, 5.74) is 1.61. The molecule has 1 aromatic carbocycles. The van der Waals surface area contributed by atoms with Crippen molar-refractivity contribution in [1.29, 1.82) is 0 Å². The molecule has 22 heavy (non-hydrogen) atoms. The van der Waals surface area contributed by atoms with E-state index in [4.69, 9.17) is 0 Å². The fourth-order valence-corrected chi connectivity index (χ4v) is 2.14. The molecule has 0 spiro atoms. The smallest absolute Gasteiger partial charge is 0.259 e. The number of rotatable bonds is 4. The number of nitrogens with zero attached hydrogens (tertiary/aromatic N) is 2. The average molecular weight is 295 g/mol. The van der Waals surface area contributed by atoms with Gasteiger partial charge in [-0.05, 0) is 31.0 Å². The van der Waals surface area contributed by atoms with Crippen LogP contribution in [0.3, 0.4) is 0 Å². The molecule has 0 radical (unpaired) electrons. The fourth-order valence-electron chi connectivity index (χ4n) is 2.14. The van der Waals surface area contributed by atoms with Crippen LogP contribution in [0.5, 0.6) is 0 Å². The van der Waals surface area contributed by atoms with Crippen molar-refractivity contribution in [3.8, 4) is 0 Å². The minimum absolute atomic E-state index is 0.174. The molecule has 3 rings (SSSR count). The summed E-state index contributed by atoms with van der Waals surface area (Å²) in [6.45, 7) is 0. The summed E-state index contributed by atoms with van der Waals surface area (Å²) >= 11 is 0. The molecule has 2 aromatic rings. The number of hydrogen-bond acceptors (Lipinski definition) is 3. The summed E-state index contributed by atoms with van der Waals surface area (Å²) in [6, 6.07) is 11.2. The van der Waals surface area contributed by atoms with Crippen LogP contribution in [0.1, 0.15) is 33.6 Å². The predicted octanol–water partition coefficient (Wildman–Crippen LogP) is 2.25. The summed E-state index contributed by atoms with van der Waals surface area (Å²) in [7, 11) is 1.70. The van der Waals surface area contributed by atoms with E-state index in [0.29, 0.717) is 11.1 Å². The van der Waals surface area contributed by atoms with E-state index < -0.39 is 0 Å². The number of amides is 2. The molecule has 1 aromatic heterocycles. The lowest BCUT2D eigenvalue weighted by Crippen LogP contribution is -2.28. The van der Waals surface area contributed by atoms with Gasteiger partial charge in [0.2, 0.25) is 0 Å². The third kappa shape index (κ3) is 3.14. The van der Waals surface area contributed by atoms with Crippen LogP contribution in [0.2, 0.25) is 0 Å². The second kappa shape index (κ2) is 5.97. The number of nitrogens with one attached hydrogen (secondary N) is 1. The van der Waals surface area contributed by atoms with Crippen LogP contribution in [0.25, 0.3) is 0 Å². The third-order valence-electron chi connectivity index (χ3n) is 3.61. The summed E-state index contributed by atoms with van der Waals surface area (Å²) < 4.78 is 0. The molecule has 2 amide bonds. The number of carbonyl (C=O) groups excluding carboxylic acids is 2. The van der Waals surface area contributed by atoms with Crippen LogP contribution in [0.15, 0.2) is 48.8 Å². The van der Waals surface area contributed by atoms with Crippen LogP contribution >= 0.6 is 0 Å². The molecule has 1 fully saturated rings. The first kappa shape index (κ1) is 14.3. The van der Waals surface area contributed by atoms with Crippen molar-refractivity contribution in [3.05, 3.63) is 59.9 Å². The second-order valence-corrected chi connectivity index (χ2v) is 5.41. The molecule has 112 valence electrons. The average Bonchev–Trinajstić information content (AvgIpc) is 3.38. The number of benzene rings is 1. The molecule has 0 atom stereocenters. The Labute approximate surface area is 129 Å². The van der Waals surface area contributed by atoms with E-state index >= 15 is 0 Å². The molecule has 1 aliphatic carbocycles. The maximum atomic E-state index is 12.5. The van der Waals surface area contributed by atoms with Crippen molar-refractivity contribution >= 4 is 17.5 Å². The first-order valence-corrected chi connectivity index (χ1v) is 7.24.